The molecule has 26 heavy (non-hydrogen) atoms. The summed E-state index contributed by atoms with van der Waals surface area (Å²) in [6.07, 6.45) is 3.59. The third kappa shape index (κ3) is 4.53. The van der Waals surface area contributed by atoms with Crippen LogP contribution in [-0.4, -0.2) is 23.1 Å². The Kier molecular flexibility index (Phi) is 5.75. The van der Waals surface area contributed by atoms with Gasteiger partial charge in [0.25, 0.3) is 5.91 Å². The van der Waals surface area contributed by atoms with Gasteiger partial charge in [0.05, 0.1) is 23.9 Å². The fourth-order valence-electron chi connectivity index (χ4n) is 2.30. The van der Waals surface area contributed by atoms with Gasteiger partial charge in [-0.3, -0.25) is 14.9 Å². The van der Waals surface area contributed by atoms with E-state index < -0.39 is 0 Å². The first-order valence-electron chi connectivity index (χ1n) is 7.79. The Morgan fingerprint density at radius 3 is 2.85 bits per heavy atom. The first-order valence-corrected chi connectivity index (χ1v) is 9.89. The molecular formula is C18H17N3O3S2. The highest BCUT2D eigenvalue weighted by atomic mass is 32.2. The summed E-state index contributed by atoms with van der Waals surface area (Å²) in [5, 5.41) is 7.78. The van der Waals surface area contributed by atoms with Gasteiger partial charge in [0.2, 0.25) is 5.91 Å². The zero-order valence-corrected chi connectivity index (χ0v) is 15.9. The van der Waals surface area contributed by atoms with Gasteiger partial charge in [0.1, 0.15) is 5.76 Å². The summed E-state index contributed by atoms with van der Waals surface area (Å²) in [4.78, 5) is 29.7. The van der Waals surface area contributed by atoms with E-state index in [1.54, 1.807) is 30.1 Å². The van der Waals surface area contributed by atoms with Gasteiger partial charge in [-0.1, -0.05) is 6.07 Å². The highest BCUT2D eigenvalue weighted by Gasteiger charge is 2.14. The SMILES string of the molecule is CSc1cccc(NC(=O)Cc2csc(NC(=O)c3ccoc3C)n2)c1. The van der Waals surface area contributed by atoms with E-state index in [-0.39, 0.29) is 18.2 Å². The summed E-state index contributed by atoms with van der Waals surface area (Å²) in [5.74, 6) is 0.110. The number of hydrogen-bond donors (Lipinski definition) is 2. The van der Waals surface area contributed by atoms with Gasteiger partial charge in [-0.05, 0) is 37.4 Å². The van der Waals surface area contributed by atoms with Crippen molar-refractivity contribution in [1.82, 2.24) is 4.98 Å². The summed E-state index contributed by atoms with van der Waals surface area (Å²) in [6, 6.07) is 9.25. The van der Waals surface area contributed by atoms with Crippen LogP contribution in [0, 0.1) is 6.92 Å². The second-order valence-corrected chi connectivity index (χ2v) is 7.18. The van der Waals surface area contributed by atoms with Crippen molar-refractivity contribution in [2.24, 2.45) is 0 Å². The first kappa shape index (κ1) is 18.2. The van der Waals surface area contributed by atoms with E-state index in [1.807, 2.05) is 30.5 Å². The minimum absolute atomic E-state index is 0.139. The Balaban J connectivity index is 1.58. The molecule has 0 bridgehead atoms. The molecule has 0 saturated heterocycles. The van der Waals surface area contributed by atoms with Gasteiger partial charge in [-0.15, -0.1) is 23.1 Å². The molecule has 2 N–H and O–H groups in total. The Bertz CT molecular complexity index is 933. The van der Waals surface area contributed by atoms with E-state index in [2.05, 4.69) is 15.6 Å². The topological polar surface area (TPSA) is 84.2 Å². The van der Waals surface area contributed by atoms with Crippen LogP contribution in [0.4, 0.5) is 10.8 Å². The average molecular weight is 387 g/mol. The molecule has 134 valence electrons. The molecule has 0 saturated carbocycles. The van der Waals surface area contributed by atoms with Crippen molar-refractivity contribution in [1.29, 1.82) is 0 Å². The van der Waals surface area contributed by atoms with Crippen LogP contribution in [0.3, 0.4) is 0 Å². The molecule has 0 aliphatic rings. The molecule has 0 unspecified atom stereocenters. The van der Waals surface area contributed by atoms with Crippen LogP contribution in [0.2, 0.25) is 0 Å². The predicted molar refractivity (Wildman–Crippen MR) is 104 cm³/mol. The van der Waals surface area contributed by atoms with Crippen LogP contribution >= 0.6 is 23.1 Å². The van der Waals surface area contributed by atoms with Crippen LogP contribution in [0.25, 0.3) is 0 Å². The number of carbonyl (C=O) groups excluding carboxylic acids is 2. The van der Waals surface area contributed by atoms with Gasteiger partial charge < -0.3 is 9.73 Å². The number of hydrogen-bond acceptors (Lipinski definition) is 6. The van der Waals surface area contributed by atoms with Crippen molar-refractivity contribution < 1.29 is 14.0 Å². The van der Waals surface area contributed by atoms with E-state index in [1.165, 1.54) is 17.6 Å². The van der Waals surface area contributed by atoms with E-state index >= 15 is 0 Å². The van der Waals surface area contributed by atoms with Crippen LogP contribution < -0.4 is 10.6 Å². The van der Waals surface area contributed by atoms with Crippen LogP contribution in [-0.2, 0) is 11.2 Å². The number of aryl methyl sites for hydroxylation is 1. The number of amides is 2. The smallest absolute Gasteiger partial charge is 0.260 e. The number of thiazole rings is 1. The number of thioether (sulfide) groups is 1. The maximum absolute atomic E-state index is 12.2. The molecule has 0 atom stereocenters. The van der Waals surface area contributed by atoms with Crippen molar-refractivity contribution in [2.45, 2.75) is 18.2 Å². The Labute approximate surface area is 159 Å². The maximum atomic E-state index is 12.2. The lowest BCUT2D eigenvalue weighted by molar-refractivity contribution is -0.115. The van der Waals surface area contributed by atoms with Gasteiger partial charge >= 0.3 is 0 Å². The lowest BCUT2D eigenvalue weighted by Gasteiger charge is -2.05. The maximum Gasteiger partial charge on any atom is 0.260 e. The number of nitrogens with zero attached hydrogens (tertiary/aromatic N) is 1. The number of carbonyl (C=O) groups is 2. The summed E-state index contributed by atoms with van der Waals surface area (Å²) >= 11 is 2.89. The number of aromatic nitrogens is 1. The number of furan rings is 1. The van der Waals surface area contributed by atoms with Gasteiger partial charge in [0.15, 0.2) is 5.13 Å². The number of anilines is 2. The molecular weight excluding hydrogens is 370 g/mol. The molecule has 0 aliphatic heterocycles. The molecule has 0 aliphatic carbocycles. The minimum atomic E-state index is -0.282. The van der Waals surface area contributed by atoms with E-state index in [9.17, 15) is 9.59 Å². The minimum Gasteiger partial charge on any atom is -0.469 e. The summed E-state index contributed by atoms with van der Waals surface area (Å²) in [5.41, 5.74) is 1.82. The van der Waals surface area contributed by atoms with Crippen LogP contribution in [0.1, 0.15) is 21.8 Å². The second kappa shape index (κ2) is 8.20. The van der Waals surface area contributed by atoms with E-state index in [0.29, 0.717) is 22.1 Å². The molecule has 6 nitrogen and oxygen atoms in total. The van der Waals surface area contributed by atoms with Gasteiger partial charge in [0, 0.05) is 16.0 Å². The van der Waals surface area contributed by atoms with Crippen molar-refractivity contribution in [3.8, 4) is 0 Å². The molecule has 0 spiro atoms. The normalized spacial score (nSPS) is 10.5. The van der Waals surface area contributed by atoms with Crippen LogP contribution in [0.15, 0.2) is 51.3 Å². The summed E-state index contributed by atoms with van der Waals surface area (Å²) < 4.78 is 5.12. The van der Waals surface area contributed by atoms with E-state index in [0.717, 1.165) is 10.6 Å². The zero-order chi connectivity index (χ0) is 18.5. The summed E-state index contributed by atoms with van der Waals surface area (Å²) in [7, 11) is 0. The first-order chi connectivity index (χ1) is 12.5. The Morgan fingerprint density at radius 1 is 1.27 bits per heavy atom. The molecule has 2 amide bonds. The molecule has 3 rings (SSSR count). The molecule has 2 heterocycles. The lowest BCUT2D eigenvalue weighted by Crippen LogP contribution is -2.15. The van der Waals surface area contributed by atoms with Crippen molar-refractivity contribution in [3.05, 3.63) is 59.0 Å². The summed E-state index contributed by atoms with van der Waals surface area (Å²) in [6.45, 7) is 1.72. The molecule has 2 aromatic heterocycles. The second-order valence-electron chi connectivity index (χ2n) is 5.45. The zero-order valence-electron chi connectivity index (χ0n) is 14.2. The largest absolute Gasteiger partial charge is 0.469 e. The highest BCUT2D eigenvalue weighted by Crippen LogP contribution is 2.20. The highest BCUT2D eigenvalue weighted by molar-refractivity contribution is 7.98. The average Bonchev–Trinajstić information content (AvgIpc) is 3.23. The Morgan fingerprint density at radius 2 is 2.12 bits per heavy atom. The molecule has 0 radical (unpaired) electrons. The fourth-order valence-corrected chi connectivity index (χ4v) is 3.47. The molecule has 0 fully saturated rings. The standard InChI is InChI=1S/C18H17N3O3S2/c1-11-15(6-7-24-11)17(23)21-18-20-13(10-26-18)9-16(22)19-12-4-3-5-14(8-12)25-2/h3-8,10H,9H2,1-2H3,(H,19,22)(H,20,21,23). The third-order valence-corrected chi connectivity index (χ3v) is 5.10. The fraction of sp³-hybridized carbons (Fsp3) is 0.167. The van der Waals surface area contributed by atoms with E-state index in [4.69, 9.17) is 4.42 Å². The predicted octanol–water partition coefficient (Wildman–Crippen LogP) is 4.20. The van der Waals surface area contributed by atoms with Gasteiger partial charge in [-0.2, -0.15) is 0 Å². The molecule has 3 aromatic rings. The van der Waals surface area contributed by atoms with Crippen LogP contribution in [0.5, 0.6) is 0 Å². The lowest BCUT2D eigenvalue weighted by atomic mass is 10.2. The van der Waals surface area contributed by atoms with Crippen molar-refractivity contribution in [3.63, 3.8) is 0 Å². The number of benzene rings is 1. The van der Waals surface area contributed by atoms with Crippen molar-refractivity contribution >= 4 is 45.7 Å². The molecule has 8 heteroatoms. The molecule has 1 aromatic carbocycles. The van der Waals surface area contributed by atoms with Gasteiger partial charge in [-0.25, -0.2) is 4.98 Å². The third-order valence-electron chi connectivity index (χ3n) is 3.57. The monoisotopic (exact) mass is 387 g/mol. The Hall–Kier alpha value is -2.58. The number of nitrogens with one attached hydrogen (secondary N) is 2. The quantitative estimate of drug-likeness (QED) is 0.619. The number of rotatable bonds is 6. The van der Waals surface area contributed by atoms with Crippen molar-refractivity contribution in [2.75, 3.05) is 16.9 Å².